The van der Waals surface area contributed by atoms with Crippen molar-refractivity contribution in [1.82, 2.24) is 5.32 Å². The average Bonchev–Trinajstić information content (AvgIpc) is 2.56. The molecule has 2 aromatic rings. The quantitative estimate of drug-likeness (QED) is 0.572. The van der Waals surface area contributed by atoms with Crippen molar-refractivity contribution in [2.24, 2.45) is 0 Å². The Morgan fingerprint density at radius 2 is 2.00 bits per heavy atom. The van der Waals surface area contributed by atoms with Gasteiger partial charge in [0.15, 0.2) is 0 Å². The van der Waals surface area contributed by atoms with Gasteiger partial charge in [0.25, 0.3) is 0 Å². The third-order valence-electron chi connectivity index (χ3n) is 4.27. The summed E-state index contributed by atoms with van der Waals surface area (Å²) in [6.45, 7) is 4.14. The van der Waals surface area contributed by atoms with E-state index in [1.165, 1.54) is 6.07 Å². The van der Waals surface area contributed by atoms with E-state index in [0.717, 1.165) is 36.6 Å². The van der Waals surface area contributed by atoms with E-state index in [1.807, 2.05) is 13.8 Å². The van der Waals surface area contributed by atoms with Gasteiger partial charge in [-0.3, -0.25) is 4.79 Å². The van der Waals surface area contributed by atoms with Gasteiger partial charge in [-0.15, -0.1) is 12.4 Å². The maximum atomic E-state index is 11.9. The summed E-state index contributed by atoms with van der Waals surface area (Å²) >= 11 is 0. The van der Waals surface area contributed by atoms with Crippen LogP contribution in [0.5, 0.6) is 5.75 Å². The molecule has 0 saturated carbocycles. The summed E-state index contributed by atoms with van der Waals surface area (Å²) < 4.78 is 5.33. The van der Waals surface area contributed by atoms with E-state index in [0.29, 0.717) is 17.6 Å². The molecule has 1 heterocycles. The number of unbranched alkanes of at least 4 members (excludes halogenated alkanes) is 1. The minimum Gasteiger partial charge on any atom is -0.507 e. The number of hydrogen-bond acceptors (Lipinski definition) is 5. The molecule has 0 aliphatic heterocycles. The van der Waals surface area contributed by atoms with Gasteiger partial charge in [-0.25, -0.2) is 4.79 Å². The Bertz CT molecular complexity index is 802. The topological polar surface area (TPSA) is 99.8 Å². The normalized spacial score (nSPS) is 11.9. The number of fused-ring (bicyclic) bond motifs is 1. The van der Waals surface area contributed by atoms with Crippen molar-refractivity contribution in [1.29, 1.82) is 0 Å². The highest BCUT2D eigenvalue weighted by Gasteiger charge is 2.19. The maximum absolute atomic E-state index is 11.9. The number of nitrogens with one attached hydrogen (secondary N) is 1. The van der Waals surface area contributed by atoms with Crippen molar-refractivity contribution in [3.63, 3.8) is 0 Å². The molecule has 0 aliphatic rings. The summed E-state index contributed by atoms with van der Waals surface area (Å²) in [5, 5.41) is 23.2. The fourth-order valence-electron chi connectivity index (χ4n) is 2.93. The van der Waals surface area contributed by atoms with E-state index in [1.54, 1.807) is 12.1 Å². The minimum absolute atomic E-state index is 0. The largest absolute Gasteiger partial charge is 0.507 e. The Balaban J connectivity index is 0.00000338. The zero-order chi connectivity index (χ0) is 18.4. The molecule has 2 rings (SSSR count). The van der Waals surface area contributed by atoms with Crippen LogP contribution in [0.15, 0.2) is 27.4 Å². The van der Waals surface area contributed by atoms with Gasteiger partial charge in [0.2, 0.25) is 0 Å². The number of carboxylic acid groups (broad SMARTS) is 1. The van der Waals surface area contributed by atoms with Crippen LogP contribution in [-0.4, -0.2) is 22.2 Å². The number of aliphatic carboxylic acids is 1. The van der Waals surface area contributed by atoms with Gasteiger partial charge in [-0.1, -0.05) is 33.1 Å². The van der Waals surface area contributed by atoms with Gasteiger partial charge < -0.3 is 19.9 Å². The van der Waals surface area contributed by atoms with Crippen LogP contribution in [0.2, 0.25) is 0 Å². The third kappa shape index (κ3) is 5.22. The standard InChI is InChI=1S/C19H25NO5.ClH/c1-3-5-7-15(19(23)24)20-11-14-16(21)9-8-13-12(6-4-2)10-17(22)25-18(13)14;/h8-10,15,20-21H,3-7,11H2,1-2H3,(H,23,24);1H. The molecular formula is C19H26ClNO5. The van der Waals surface area contributed by atoms with Crippen LogP contribution in [0.4, 0.5) is 0 Å². The molecule has 0 aliphatic carbocycles. The molecule has 0 saturated heterocycles. The Kier molecular flexibility index (Phi) is 8.61. The number of aryl methyl sites for hydroxylation is 1. The monoisotopic (exact) mass is 383 g/mol. The fraction of sp³-hybridized carbons (Fsp3) is 0.474. The second-order valence-corrected chi connectivity index (χ2v) is 6.19. The van der Waals surface area contributed by atoms with E-state index in [9.17, 15) is 19.8 Å². The van der Waals surface area contributed by atoms with E-state index >= 15 is 0 Å². The van der Waals surface area contributed by atoms with Crippen molar-refractivity contribution < 1.29 is 19.4 Å². The van der Waals surface area contributed by atoms with Crippen molar-refractivity contribution in [2.75, 3.05) is 0 Å². The lowest BCUT2D eigenvalue weighted by molar-refractivity contribution is -0.139. The first-order valence-corrected chi connectivity index (χ1v) is 8.71. The van der Waals surface area contributed by atoms with Gasteiger partial charge in [-0.2, -0.15) is 0 Å². The first-order chi connectivity index (χ1) is 12.0. The van der Waals surface area contributed by atoms with Crippen LogP contribution >= 0.6 is 12.4 Å². The highest BCUT2D eigenvalue weighted by atomic mass is 35.5. The molecule has 1 aromatic heterocycles. The number of halogens is 1. The van der Waals surface area contributed by atoms with Crippen LogP contribution in [0.25, 0.3) is 11.0 Å². The molecule has 0 amide bonds. The first-order valence-electron chi connectivity index (χ1n) is 8.71. The summed E-state index contributed by atoms with van der Waals surface area (Å²) in [5.74, 6) is -0.947. The molecule has 144 valence electrons. The lowest BCUT2D eigenvalue weighted by Gasteiger charge is -2.16. The Morgan fingerprint density at radius 3 is 2.62 bits per heavy atom. The van der Waals surface area contributed by atoms with Gasteiger partial charge in [0.1, 0.15) is 17.4 Å². The predicted octanol–water partition coefficient (Wildman–Crippen LogP) is 3.61. The molecular weight excluding hydrogens is 358 g/mol. The number of hydrogen-bond donors (Lipinski definition) is 3. The van der Waals surface area contributed by atoms with Crippen LogP contribution in [0.3, 0.4) is 0 Å². The lowest BCUT2D eigenvalue weighted by Crippen LogP contribution is -2.36. The fourth-order valence-corrected chi connectivity index (χ4v) is 2.93. The summed E-state index contributed by atoms with van der Waals surface area (Å²) in [6, 6.07) is 4.05. The first kappa shape index (κ1) is 22.0. The Labute approximate surface area is 158 Å². The van der Waals surface area contributed by atoms with Crippen molar-refractivity contribution in [2.45, 2.75) is 58.5 Å². The molecule has 6 nitrogen and oxygen atoms in total. The molecule has 0 radical (unpaired) electrons. The highest BCUT2D eigenvalue weighted by Crippen LogP contribution is 2.29. The number of rotatable bonds is 9. The molecule has 0 fully saturated rings. The molecule has 1 aromatic carbocycles. The molecule has 7 heteroatoms. The molecule has 3 N–H and O–H groups in total. The van der Waals surface area contributed by atoms with E-state index in [2.05, 4.69) is 5.32 Å². The summed E-state index contributed by atoms with van der Waals surface area (Å²) in [6.07, 6.45) is 3.81. The summed E-state index contributed by atoms with van der Waals surface area (Å²) in [5.41, 5.74) is 1.14. The summed E-state index contributed by atoms with van der Waals surface area (Å²) in [4.78, 5) is 23.2. The number of phenolic OH excluding ortho intramolecular Hbond substituents is 1. The molecule has 1 atom stereocenters. The Hall–Kier alpha value is -2.05. The highest BCUT2D eigenvalue weighted by molar-refractivity contribution is 5.85. The maximum Gasteiger partial charge on any atom is 0.336 e. The van der Waals surface area contributed by atoms with Gasteiger partial charge in [0.05, 0.1) is 5.56 Å². The number of phenols is 1. The average molecular weight is 384 g/mol. The molecule has 0 bridgehead atoms. The van der Waals surface area contributed by atoms with Gasteiger partial charge in [0, 0.05) is 18.0 Å². The molecule has 26 heavy (non-hydrogen) atoms. The van der Waals surface area contributed by atoms with Crippen LogP contribution in [-0.2, 0) is 17.8 Å². The van der Waals surface area contributed by atoms with E-state index in [-0.39, 0.29) is 24.7 Å². The van der Waals surface area contributed by atoms with Crippen molar-refractivity contribution in [3.05, 3.63) is 39.7 Å². The third-order valence-corrected chi connectivity index (χ3v) is 4.27. The van der Waals surface area contributed by atoms with Crippen molar-refractivity contribution >= 4 is 29.3 Å². The van der Waals surface area contributed by atoms with Crippen LogP contribution in [0.1, 0.15) is 50.7 Å². The predicted molar refractivity (Wildman–Crippen MR) is 103 cm³/mol. The zero-order valence-corrected chi connectivity index (χ0v) is 15.9. The second-order valence-electron chi connectivity index (χ2n) is 6.19. The number of aromatic hydroxyl groups is 1. The van der Waals surface area contributed by atoms with E-state index in [4.69, 9.17) is 4.42 Å². The molecule has 0 spiro atoms. The molecule has 1 unspecified atom stereocenters. The van der Waals surface area contributed by atoms with Gasteiger partial charge >= 0.3 is 11.6 Å². The number of benzene rings is 1. The summed E-state index contributed by atoms with van der Waals surface area (Å²) in [7, 11) is 0. The van der Waals surface area contributed by atoms with Crippen LogP contribution < -0.4 is 10.9 Å². The van der Waals surface area contributed by atoms with Crippen molar-refractivity contribution in [3.8, 4) is 5.75 Å². The van der Waals surface area contributed by atoms with Gasteiger partial charge in [-0.05, 0) is 30.5 Å². The number of carbonyl (C=O) groups is 1. The Morgan fingerprint density at radius 1 is 1.27 bits per heavy atom. The van der Waals surface area contributed by atoms with Crippen LogP contribution in [0, 0.1) is 0 Å². The SMILES string of the molecule is CCCCC(NCc1c(O)ccc2c(CCC)cc(=O)oc12)C(=O)O.Cl. The van der Waals surface area contributed by atoms with E-state index < -0.39 is 17.6 Å². The smallest absolute Gasteiger partial charge is 0.336 e. The minimum atomic E-state index is -0.929. The lowest BCUT2D eigenvalue weighted by atomic mass is 10.0. The number of carboxylic acids is 1. The zero-order valence-electron chi connectivity index (χ0n) is 15.1. The second kappa shape index (κ2) is 10.2.